The molecule has 2 aromatic heterocycles. The van der Waals surface area contributed by atoms with Crippen molar-refractivity contribution in [3.63, 3.8) is 0 Å². The number of methoxy groups -OCH3 is 1. The lowest BCUT2D eigenvalue weighted by atomic mass is 10.0. The lowest BCUT2D eigenvalue weighted by Crippen LogP contribution is -2.45. The van der Waals surface area contributed by atoms with E-state index in [1.54, 1.807) is 39.0 Å². The quantitative estimate of drug-likeness (QED) is 0.336. The maximum absolute atomic E-state index is 13.3. The number of aryl methyl sites for hydroxylation is 1. The average molecular weight is 523 g/mol. The number of benzene rings is 2. The van der Waals surface area contributed by atoms with Gasteiger partial charge in [-0.3, -0.25) is 9.52 Å². The number of ether oxygens (including phenoxy) is 1. The van der Waals surface area contributed by atoms with E-state index in [1.807, 2.05) is 30.3 Å². The van der Waals surface area contributed by atoms with Gasteiger partial charge in [0.25, 0.3) is 26.9 Å². The summed E-state index contributed by atoms with van der Waals surface area (Å²) in [5.41, 5.74) is 2.09. The van der Waals surface area contributed by atoms with Crippen LogP contribution in [0.5, 0.6) is 0 Å². The molecule has 0 aliphatic heterocycles. The summed E-state index contributed by atoms with van der Waals surface area (Å²) in [6, 6.07) is 16.2. The molecule has 0 aliphatic rings. The molecule has 0 spiro atoms. The summed E-state index contributed by atoms with van der Waals surface area (Å²) < 4.78 is 35.1. The van der Waals surface area contributed by atoms with Crippen molar-refractivity contribution in [2.24, 2.45) is 5.92 Å². The minimum atomic E-state index is -4.31. The van der Waals surface area contributed by atoms with Crippen LogP contribution in [-0.4, -0.2) is 53.0 Å². The van der Waals surface area contributed by atoms with E-state index in [2.05, 4.69) is 25.1 Å². The molecule has 1 amide bonds. The van der Waals surface area contributed by atoms with Gasteiger partial charge >= 0.3 is 5.97 Å². The maximum Gasteiger partial charge on any atom is 0.328 e. The minimum absolute atomic E-state index is 0.00125. The summed E-state index contributed by atoms with van der Waals surface area (Å²) in [4.78, 5) is 33.5. The van der Waals surface area contributed by atoms with E-state index in [1.165, 1.54) is 23.8 Å². The second kappa shape index (κ2) is 10.3. The third-order valence-electron chi connectivity index (χ3n) is 5.56. The van der Waals surface area contributed by atoms with Gasteiger partial charge in [-0.25, -0.2) is 9.78 Å². The molecule has 1 unspecified atom stereocenters. The molecule has 2 aromatic carbocycles. The number of fused-ring (bicyclic) bond motifs is 1. The number of sulfonamides is 1. The molecular weight excluding hydrogens is 496 g/mol. The molecule has 0 aliphatic carbocycles. The molecule has 0 radical (unpaired) electrons. The van der Waals surface area contributed by atoms with Crippen molar-refractivity contribution in [1.29, 1.82) is 0 Å². The van der Waals surface area contributed by atoms with Crippen LogP contribution in [0.1, 0.15) is 29.9 Å². The molecule has 192 valence electrons. The monoisotopic (exact) mass is 522 g/mol. The Morgan fingerprint density at radius 1 is 1.00 bits per heavy atom. The molecule has 4 aromatic rings. The van der Waals surface area contributed by atoms with E-state index in [0.29, 0.717) is 11.4 Å². The first kappa shape index (κ1) is 25.8. The Morgan fingerprint density at radius 3 is 2.35 bits per heavy atom. The minimum Gasteiger partial charge on any atom is -0.467 e. The molecule has 11 nitrogen and oxygen atoms in total. The fraction of sp³-hybridized carbons (Fsp3) is 0.240. The van der Waals surface area contributed by atoms with Gasteiger partial charge in [0.05, 0.1) is 24.1 Å². The van der Waals surface area contributed by atoms with Gasteiger partial charge in [-0.05, 0) is 31.0 Å². The molecule has 0 bridgehead atoms. The van der Waals surface area contributed by atoms with Gasteiger partial charge in [0, 0.05) is 11.3 Å². The van der Waals surface area contributed by atoms with E-state index in [4.69, 9.17) is 4.74 Å². The van der Waals surface area contributed by atoms with E-state index in [-0.39, 0.29) is 22.9 Å². The maximum atomic E-state index is 13.3. The van der Waals surface area contributed by atoms with Crippen LogP contribution in [0, 0.1) is 12.8 Å². The number of esters is 1. The van der Waals surface area contributed by atoms with Gasteiger partial charge in [-0.15, -0.1) is 5.10 Å². The Hall–Kier alpha value is -4.32. The van der Waals surface area contributed by atoms with Gasteiger partial charge in [-0.2, -0.15) is 17.9 Å². The highest BCUT2D eigenvalue weighted by Crippen LogP contribution is 2.23. The highest BCUT2D eigenvalue weighted by atomic mass is 32.2. The second-order valence-corrected chi connectivity index (χ2v) is 10.2. The van der Waals surface area contributed by atoms with Gasteiger partial charge in [0.1, 0.15) is 6.04 Å². The smallest absolute Gasteiger partial charge is 0.328 e. The molecule has 4 rings (SSSR count). The zero-order chi connectivity index (χ0) is 26.7. The Morgan fingerprint density at radius 2 is 1.68 bits per heavy atom. The zero-order valence-corrected chi connectivity index (χ0v) is 21.5. The number of carbonyl (C=O) groups is 2. The number of para-hydroxylation sites is 1. The fourth-order valence-corrected chi connectivity index (χ4v) is 4.65. The van der Waals surface area contributed by atoms with Crippen LogP contribution in [0.4, 0.5) is 5.69 Å². The van der Waals surface area contributed by atoms with Crippen LogP contribution in [0.3, 0.4) is 0 Å². The number of anilines is 1. The predicted molar refractivity (Wildman–Crippen MR) is 136 cm³/mol. The highest BCUT2D eigenvalue weighted by molar-refractivity contribution is 7.92. The Bertz CT molecular complexity index is 1570. The van der Waals surface area contributed by atoms with Crippen molar-refractivity contribution in [3.05, 3.63) is 71.9 Å². The van der Waals surface area contributed by atoms with E-state index < -0.39 is 33.1 Å². The van der Waals surface area contributed by atoms with E-state index in [9.17, 15) is 18.0 Å². The van der Waals surface area contributed by atoms with Crippen molar-refractivity contribution in [2.75, 3.05) is 11.8 Å². The molecule has 1 atom stereocenters. The van der Waals surface area contributed by atoms with Crippen molar-refractivity contribution < 1.29 is 22.7 Å². The number of nitrogens with zero attached hydrogens (tertiary/aromatic N) is 4. The van der Waals surface area contributed by atoms with Crippen LogP contribution in [0.2, 0.25) is 0 Å². The zero-order valence-electron chi connectivity index (χ0n) is 20.7. The van der Waals surface area contributed by atoms with Crippen LogP contribution in [-0.2, 0) is 19.6 Å². The number of amides is 1. The number of nitrogens with one attached hydrogen (secondary N) is 2. The number of hydrogen-bond donors (Lipinski definition) is 2. The first-order valence-electron chi connectivity index (χ1n) is 11.4. The molecule has 0 fully saturated rings. The molecule has 2 N–H and O–H groups in total. The van der Waals surface area contributed by atoms with Gasteiger partial charge in [0.2, 0.25) is 0 Å². The fourth-order valence-electron chi connectivity index (χ4n) is 3.70. The Labute approximate surface area is 214 Å². The van der Waals surface area contributed by atoms with E-state index >= 15 is 0 Å². The van der Waals surface area contributed by atoms with Crippen LogP contribution < -0.4 is 10.0 Å². The van der Waals surface area contributed by atoms with Crippen molar-refractivity contribution in [1.82, 2.24) is 24.9 Å². The number of rotatable bonds is 8. The van der Waals surface area contributed by atoms with Crippen LogP contribution in [0.25, 0.3) is 17.0 Å². The summed E-state index contributed by atoms with van der Waals surface area (Å²) in [5, 5.41) is 6.31. The standard InChI is InChI=1S/C25H26N6O5S/c1-15(2)21(23(33)36-4)27-22(32)18-12-8-9-13-19(18)30-37(34,35)25-28-24-26-16(3)14-20(31(24)29-25)17-10-6-5-7-11-17/h5-15,21,30H,1-4H3,(H,27,32). The molecule has 12 heteroatoms. The molecule has 0 saturated carbocycles. The number of carbonyl (C=O) groups excluding carboxylic acids is 2. The highest BCUT2D eigenvalue weighted by Gasteiger charge is 2.28. The first-order valence-corrected chi connectivity index (χ1v) is 12.9. The summed E-state index contributed by atoms with van der Waals surface area (Å²) >= 11 is 0. The number of hydrogen-bond acceptors (Lipinski definition) is 8. The summed E-state index contributed by atoms with van der Waals surface area (Å²) in [6.45, 7) is 5.29. The third-order valence-corrected chi connectivity index (χ3v) is 6.70. The van der Waals surface area contributed by atoms with Crippen LogP contribution in [0.15, 0.2) is 65.8 Å². The molecule has 37 heavy (non-hydrogen) atoms. The molecular formula is C25H26N6O5S. The van der Waals surface area contributed by atoms with Crippen LogP contribution >= 0.6 is 0 Å². The summed E-state index contributed by atoms with van der Waals surface area (Å²) in [5.74, 6) is -1.39. The number of aromatic nitrogens is 4. The van der Waals surface area contributed by atoms with Gasteiger partial charge in [-0.1, -0.05) is 56.3 Å². The predicted octanol–water partition coefficient (Wildman–Crippen LogP) is 2.83. The summed E-state index contributed by atoms with van der Waals surface area (Å²) in [7, 11) is -3.08. The van der Waals surface area contributed by atoms with Crippen molar-refractivity contribution in [3.8, 4) is 11.3 Å². The van der Waals surface area contributed by atoms with E-state index in [0.717, 1.165) is 5.56 Å². The summed E-state index contributed by atoms with van der Waals surface area (Å²) in [6.07, 6.45) is 0. The normalized spacial score (nSPS) is 12.4. The Balaban J connectivity index is 1.68. The second-order valence-electron chi connectivity index (χ2n) is 8.62. The van der Waals surface area contributed by atoms with Crippen molar-refractivity contribution in [2.45, 2.75) is 32.0 Å². The van der Waals surface area contributed by atoms with Gasteiger partial charge in [0.15, 0.2) is 0 Å². The molecule has 0 saturated heterocycles. The lowest BCUT2D eigenvalue weighted by molar-refractivity contribution is -0.144. The first-order chi connectivity index (χ1) is 17.6. The largest absolute Gasteiger partial charge is 0.467 e. The lowest BCUT2D eigenvalue weighted by Gasteiger charge is -2.20. The van der Waals surface area contributed by atoms with Crippen molar-refractivity contribution >= 4 is 33.4 Å². The van der Waals surface area contributed by atoms with Gasteiger partial charge < -0.3 is 10.1 Å². The third kappa shape index (κ3) is 5.43. The SMILES string of the molecule is COC(=O)C(NC(=O)c1ccccc1NS(=O)(=O)c1nc2nc(C)cc(-c3ccccc3)n2n1)C(C)C. The molecule has 2 heterocycles. The average Bonchev–Trinajstić information content (AvgIpc) is 3.31. The topological polar surface area (TPSA) is 145 Å². The Kier molecular flexibility index (Phi) is 7.21.